The first-order valence-electron chi connectivity index (χ1n) is 8.05. The third kappa shape index (κ3) is 4.32. The van der Waals surface area contributed by atoms with E-state index in [1.807, 2.05) is 18.2 Å². The molecule has 0 radical (unpaired) electrons. The summed E-state index contributed by atoms with van der Waals surface area (Å²) in [4.78, 5) is 8.47. The summed E-state index contributed by atoms with van der Waals surface area (Å²) >= 11 is 6.18. The van der Waals surface area contributed by atoms with E-state index >= 15 is 0 Å². The van der Waals surface area contributed by atoms with Gasteiger partial charge in [0.25, 0.3) is 0 Å². The maximum atomic E-state index is 6.18. The maximum Gasteiger partial charge on any atom is 0.203 e. The number of nitrogens with one attached hydrogen (secondary N) is 2. The number of nitrogens with zero attached hydrogens (tertiary/aromatic N) is 2. The van der Waals surface area contributed by atoms with Crippen LogP contribution in [-0.2, 0) is 0 Å². The lowest BCUT2D eigenvalue weighted by Gasteiger charge is -2.15. The highest BCUT2D eigenvalue weighted by atomic mass is 35.5. The lowest BCUT2D eigenvalue weighted by atomic mass is 10.2. The van der Waals surface area contributed by atoms with Crippen molar-refractivity contribution in [3.63, 3.8) is 0 Å². The molecule has 0 unspecified atom stereocenters. The predicted octanol–water partition coefficient (Wildman–Crippen LogP) is 4.64. The molecular weight excluding hydrogens is 368 g/mol. The van der Waals surface area contributed by atoms with Crippen molar-refractivity contribution in [2.75, 3.05) is 32.0 Å². The molecule has 0 aliphatic carbocycles. The lowest BCUT2D eigenvalue weighted by molar-refractivity contribution is 0.324. The van der Waals surface area contributed by atoms with E-state index in [0.29, 0.717) is 33.9 Å². The number of anilines is 4. The fraction of sp³-hybridized carbons (Fsp3) is 0.158. The molecular formula is C19H19ClN4O3. The summed E-state index contributed by atoms with van der Waals surface area (Å²) in [7, 11) is 4.69. The molecule has 2 N–H and O–H groups in total. The fourth-order valence-electron chi connectivity index (χ4n) is 2.50. The third-order valence-corrected chi connectivity index (χ3v) is 4.07. The van der Waals surface area contributed by atoms with Gasteiger partial charge in [0.1, 0.15) is 18.0 Å². The van der Waals surface area contributed by atoms with E-state index in [0.717, 1.165) is 11.4 Å². The highest BCUT2D eigenvalue weighted by Crippen LogP contribution is 2.40. The van der Waals surface area contributed by atoms with E-state index in [-0.39, 0.29) is 0 Å². The van der Waals surface area contributed by atoms with Gasteiger partial charge in [0.2, 0.25) is 5.75 Å². The van der Waals surface area contributed by atoms with Crippen molar-refractivity contribution in [3.05, 3.63) is 53.8 Å². The maximum absolute atomic E-state index is 6.18. The van der Waals surface area contributed by atoms with Gasteiger partial charge in [-0.25, -0.2) is 9.97 Å². The molecule has 0 saturated carbocycles. The van der Waals surface area contributed by atoms with E-state index in [1.54, 1.807) is 45.6 Å². The third-order valence-electron chi connectivity index (χ3n) is 3.74. The Balaban J connectivity index is 1.85. The molecule has 0 aliphatic rings. The number of rotatable bonds is 7. The molecule has 0 fully saturated rings. The van der Waals surface area contributed by atoms with E-state index in [1.165, 1.54) is 6.33 Å². The van der Waals surface area contributed by atoms with E-state index in [2.05, 4.69) is 20.6 Å². The Morgan fingerprint density at radius 1 is 0.815 bits per heavy atom. The smallest absolute Gasteiger partial charge is 0.203 e. The van der Waals surface area contributed by atoms with Gasteiger partial charge in [0, 0.05) is 23.9 Å². The van der Waals surface area contributed by atoms with Crippen molar-refractivity contribution < 1.29 is 14.2 Å². The van der Waals surface area contributed by atoms with Crippen LogP contribution in [0.3, 0.4) is 0 Å². The molecule has 27 heavy (non-hydrogen) atoms. The van der Waals surface area contributed by atoms with E-state index < -0.39 is 0 Å². The zero-order chi connectivity index (χ0) is 19.2. The molecule has 3 rings (SSSR count). The summed E-state index contributed by atoms with van der Waals surface area (Å²) < 4.78 is 16.1. The average molecular weight is 387 g/mol. The van der Waals surface area contributed by atoms with Crippen LogP contribution in [0.1, 0.15) is 0 Å². The quantitative estimate of drug-likeness (QED) is 0.612. The number of ether oxygens (including phenoxy) is 3. The molecule has 0 amide bonds. The van der Waals surface area contributed by atoms with Crippen LogP contribution in [0.15, 0.2) is 48.8 Å². The largest absolute Gasteiger partial charge is 0.493 e. The SMILES string of the molecule is COc1cc(Nc2cc(Nc3ccccc3Cl)ncn2)cc(OC)c1OC. The second kappa shape index (κ2) is 8.46. The number of hydrogen-bond donors (Lipinski definition) is 2. The molecule has 0 saturated heterocycles. The van der Waals surface area contributed by atoms with Gasteiger partial charge < -0.3 is 24.8 Å². The second-order valence-corrected chi connectivity index (χ2v) is 5.84. The van der Waals surface area contributed by atoms with Gasteiger partial charge in [-0.2, -0.15) is 0 Å². The van der Waals surface area contributed by atoms with Crippen molar-refractivity contribution in [1.82, 2.24) is 9.97 Å². The number of para-hydroxylation sites is 1. The number of aromatic nitrogens is 2. The number of halogens is 1. The Hall–Kier alpha value is -3.19. The number of benzene rings is 2. The van der Waals surface area contributed by atoms with Crippen LogP contribution in [-0.4, -0.2) is 31.3 Å². The predicted molar refractivity (Wildman–Crippen MR) is 106 cm³/mol. The summed E-state index contributed by atoms with van der Waals surface area (Å²) in [5.41, 5.74) is 1.49. The first-order valence-corrected chi connectivity index (χ1v) is 8.43. The number of hydrogen-bond acceptors (Lipinski definition) is 7. The van der Waals surface area contributed by atoms with Gasteiger partial charge in [-0.05, 0) is 12.1 Å². The standard InChI is InChI=1S/C19H19ClN4O3/c1-25-15-8-12(9-16(26-2)19(15)27-3)23-17-10-18(22-11-21-17)24-14-7-5-4-6-13(14)20/h4-11H,1-3H3,(H2,21,22,23,24). The van der Waals surface area contributed by atoms with Gasteiger partial charge in [0.05, 0.1) is 32.0 Å². The first kappa shape index (κ1) is 18.6. The summed E-state index contributed by atoms with van der Waals surface area (Å²) in [5, 5.41) is 6.98. The first-order chi connectivity index (χ1) is 13.1. The van der Waals surface area contributed by atoms with Crippen molar-refractivity contribution in [3.8, 4) is 17.2 Å². The minimum Gasteiger partial charge on any atom is -0.493 e. The molecule has 7 nitrogen and oxygen atoms in total. The monoisotopic (exact) mass is 386 g/mol. The van der Waals surface area contributed by atoms with E-state index in [4.69, 9.17) is 25.8 Å². The van der Waals surface area contributed by atoms with Crippen molar-refractivity contribution >= 4 is 34.6 Å². The summed E-state index contributed by atoms with van der Waals surface area (Å²) in [6, 6.07) is 12.8. The minimum absolute atomic E-state index is 0.523. The van der Waals surface area contributed by atoms with Crippen LogP contribution < -0.4 is 24.8 Å². The average Bonchev–Trinajstić information content (AvgIpc) is 2.69. The lowest BCUT2D eigenvalue weighted by Crippen LogP contribution is -2.00. The fourth-order valence-corrected chi connectivity index (χ4v) is 2.68. The molecule has 8 heteroatoms. The van der Waals surface area contributed by atoms with Crippen LogP contribution in [0.4, 0.5) is 23.0 Å². The van der Waals surface area contributed by atoms with Gasteiger partial charge in [-0.1, -0.05) is 23.7 Å². The molecule has 0 aliphatic heterocycles. The molecule has 3 aromatic rings. The van der Waals surface area contributed by atoms with Gasteiger partial charge >= 0.3 is 0 Å². The Labute approximate surface area is 162 Å². The molecule has 1 heterocycles. The highest BCUT2D eigenvalue weighted by molar-refractivity contribution is 6.33. The van der Waals surface area contributed by atoms with Crippen LogP contribution in [0.25, 0.3) is 0 Å². The summed E-state index contributed by atoms with van der Waals surface area (Å²) in [6.45, 7) is 0. The van der Waals surface area contributed by atoms with Crippen molar-refractivity contribution in [2.45, 2.75) is 0 Å². The highest BCUT2D eigenvalue weighted by Gasteiger charge is 2.13. The second-order valence-electron chi connectivity index (χ2n) is 5.43. The molecule has 0 bridgehead atoms. The van der Waals surface area contributed by atoms with Gasteiger partial charge in [0.15, 0.2) is 11.5 Å². The van der Waals surface area contributed by atoms with Crippen molar-refractivity contribution in [1.29, 1.82) is 0 Å². The zero-order valence-corrected chi connectivity index (χ0v) is 15.9. The zero-order valence-electron chi connectivity index (χ0n) is 15.1. The topological polar surface area (TPSA) is 77.5 Å². The summed E-state index contributed by atoms with van der Waals surface area (Å²) in [6.07, 6.45) is 1.46. The molecule has 1 aromatic heterocycles. The molecule has 2 aromatic carbocycles. The molecule has 140 valence electrons. The summed E-state index contributed by atoms with van der Waals surface area (Å²) in [5.74, 6) is 2.81. The van der Waals surface area contributed by atoms with Crippen LogP contribution in [0.2, 0.25) is 5.02 Å². The van der Waals surface area contributed by atoms with Crippen LogP contribution >= 0.6 is 11.6 Å². The van der Waals surface area contributed by atoms with Crippen LogP contribution in [0, 0.1) is 0 Å². The Kier molecular flexibility index (Phi) is 5.83. The van der Waals surface area contributed by atoms with E-state index in [9.17, 15) is 0 Å². The Morgan fingerprint density at radius 3 is 2.04 bits per heavy atom. The normalized spacial score (nSPS) is 10.2. The van der Waals surface area contributed by atoms with Gasteiger partial charge in [-0.3, -0.25) is 0 Å². The number of methoxy groups -OCH3 is 3. The molecule has 0 atom stereocenters. The Morgan fingerprint density at radius 2 is 1.44 bits per heavy atom. The Bertz CT molecular complexity index is 911. The minimum atomic E-state index is 0.523. The molecule has 0 spiro atoms. The van der Waals surface area contributed by atoms with Crippen LogP contribution in [0.5, 0.6) is 17.2 Å². The van der Waals surface area contributed by atoms with Crippen molar-refractivity contribution in [2.24, 2.45) is 0 Å². The van der Waals surface area contributed by atoms with Gasteiger partial charge in [-0.15, -0.1) is 0 Å².